The first-order valence-electron chi connectivity index (χ1n) is 24.9. The van der Waals surface area contributed by atoms with E-state index in [0.29, 0.717) is 59.4 Å². The Bertz CT molecular complexity index is 2270. The SMILES string of the molecule is O=C(O)CCCC(=O)NC(COCCC(=O)NCCCCC(=O)c1ccc(NS(=O)O)cc1)(COCCC(=O)NCCCNC(=O)c1ccc(NS(=O)O)cc1)COCCC(=O)NCCCNC(=O)c1ccc(NS(=O)O)cc1. The fourth-order valence-electron chi connectivity index (χ4n) is 6.98. The summed E-state index contributed by atoms with van der Waals surface area (Å²) in [6.07, 6.45) is 1.12. The Morgan fingerprint density at radius 3 is 1.13 bits per heavy atom. The van der Waals surface area contributed by atoms with Crippen LogP contribution in [-0.2, 0) is 72.0 Å². The van der Waals surface area contributed by atoms with E-state index in [1.165, 1.54) is 72.8 Å². The quantitative estimate of drug-likeness (QED) is 0.0219. The third-order valence-electron chi connectivity index (χ3n) is 10.9. The van der Waals surface area contributed by atoms with E-state index in [-0.39, 0.29) is 153 Å². The Hall–Kier alpha value is -6.77. The van der Waals surface area contributed by atoms with Gasteiger partial charge in [0, 0.05) is 105 Å². The number of aliphatic carboxylic acids is 1. The predicted octanol–water partition coefficient (Wildman–Crippen LogP) is 2.00. The van der Waals surface area contributed by atoms with Crippen LogP contribution in [0.4, 0.5) is 17.1 Å². The van der Waals surface area contributed by atoms with Crippen molar-refractivity contribution in [1.29, 1.82) is 0 Å². The first-order valence-corrected chi connectivity index (χ1v) is 28.2. The molecule has 0 aliphatic carbocycles. The van der Waals surface area contributed by atoms with Crippen LogP contribution in [0.5, 0.6) is 0 Å². The molecule has 3 aromatic carbocycles. The molecule has 13 N–H and O–H groups in total. The molecule has 6 amide bonds. The molecule has 0 aromatic heterocycles. The number of nitrogens with one attached hydrogen (secondary N) is 9. The Kier molecular flexibility index (Phi) is 31.9. The third-order valence-corrected chi connectivity index (χ3v) is 12.2. The number of ether oxygens (including phenoxy) is 3. The van der Waals surface area contributed by atoms with E-state index in [1.807, 2.05) is 0 Å². The first-order chi connectivity index (χ1) is 37.8. The molecule has 3 atom stereocenters. The van der Waals surface area contributed by atoms with Crippen molar-refractivity contribution in [3.05, 3.63) is 89.5 Å². The smallest absolute Gasteiger partial charge is 0.303 e. The maximum Gasteiger partial charge on any atom is 0.303 e. The van der Waals surface area contributed by atoms with Gasteiger partial charge in [0.2, 0.25) is 23.6 Å². The van der Waals surface area contributed by atoms with Crippen LogP contribution in [0.2, 0.25) is 0 Å². The number of carboxylic acids is 1. The lowest BCUT2D eigenvalue weighted by atomic mass is 10.0. The van der Waals surface area contributed by atoms with Crippen LogP contribution in [0.25, 0.3) is 0 Å². The number of amides is 6. The van der Waals surface area contributed by atoms with Crippen molar-refractivity contribution in [3.63, 3.8) is 0 Å². The molecule has 0 bridgehead atoms. The second-order valence-electron chi connectivity index (χ2n) is 17.4. The number of carbonyl (C=O) groups is 8. The highest BCUT2D eigenvalue weighted by Gasteiger charge is 2.34. The van der Waals surface area contributed by atoms with Gasteiger partial charge in [-0.05, 0) is 105 Å². The predicted molar refractivity (Wildman–Crippen MR) is 292 cm³/mol. The molecule has 0 fully saturated rings. The number of benzene rings is 3. The maximum absolute atomic E-state index is 13.3. The van der Waals surface area contributed by atoms with Gasteiger partial charge in [-0.2, -0.15) is 0 Å². The number of ketones is 1. The molecule has 27 nitrogen and oxygen atoms in total. The zero-order valence-corrected chi connectivity index (χ0v) is 45.7. The number of rotatable bonds is 42. The van der Waals surface area contributed by atoms with Crippen molar-refractivity contribution in [3.8, 4) is 0 Å². The van der Waals surface area contributed by atoms with Crippen molar-refractivity contribution in [2.24, 2.45) is 0 Å². The molecule has 436 valence electrons. The molecule has 0 spiro atoms. The van der Waals surface area contributed by atoms with Gasteiger partial charge in [-0.1, -0.05) is 0 Å². The van der Waals surface area contributed by atoms with Crippen molar-refractivity contribution < 1.29 is 84.0 Å². The molecule has 0 saturated heterocycles. The standard InChI is InChI=1S/C49H69N9O18S3/c59-41(35-9-15-38(16-10-35)56-77(68)69)6-1-2-24-50-42(60)21-29-74-32-49(55-45(63)7-3-8-46(64)65,33-75-30-22-43(61)51-25-4-27-53-47(66)36-11-17-39(18-12-36)57-78(70)71)34-76-31-23-44(62)52-26-5-28-54-48(67)37-13-19-40(20-14-37)58-79(72)73/h9-20,56-58H,1-8,21-34H2,(H,50,60)(H,51,61)(H,52,62)(H,53,66)(H,54,67)(H,55,63)(H,64,65)(H,68,69)(H,70,71)(H,72,73). The topological polar surface area (TPSA) is 405 Å². The summed E-state index contributed by atoms with van der Waals surface area (Å²) in [5, 5.41) is 25.6. The fourth-order valence-corrected chi connectivity index (χ4v) is 8.00. The van der Waals surface area contributed by atoms with Crippen LogP contribution in [0.15, 0.2) is 72.8 Å². The van der Waals surface area contributed by atoms with Crippen LogP contribution in [0, 0.1) is 0 Å². The second-order valence-corrected chi connectivity index (χ2v) is 19.5. The van der Waals surface area contributed by atoms with Gasteiger partial charge in [0.05, 0.1) is 39.6 Å². The van der Waals surface area contributed by atoms with E-state index in [1.54, 1.807) is 0 Å². The van der Waals surface area contributed by atoms with Gasteiger partial charge < -0.3 is 51.2 Å². The number of carboxylic acid groups (broad SMARTS) is 1. The summed E-state index contributed by atoms with van der Waals surface area (Å²) < 4.78 is 84.3. The van der Waals surface area contributed by atoms with E-state index < -0.39 is 51.2 Å². The average Bonchev–Trinajstić information content (AvgIpc) is 3.39. The normalized spacial score (nSPS) is 12.8. The van der Waals surface area contributed by atoms with Crippen LogP contribution in [0.3, 0.4) is 0 Å². The van der Waals surface area contributed by atoms with Gasteiger partial charge in [-0.15, -0.1) is 0 Å². The lowest BCUT2D eigenvalue weighted by Gasteiger charge is -2.34. The summed E-state index contributed by atoms with van der Waals surface area (Å²) in [6.45, 7) is -0.137. The molecule has 30 heteroatoms. The highest BCUT2D eigenvalue weighted by molar-refractivity contribution is 7.81. The number of anilines is 3. The van der Waals surface area contributed by atoms with Gasteiger partial charge >= 0.3 is 5.97 Å². The molecule has 3 rings (SSSR count). The molecular formula is C49H69N9O18S3. The number of hydrogen-bond donors (Lipinski definition) is 13. The van der Waals surface area contributed by atoms with E-state index >= 15 is 0 Å². The summed E-state index contributed by atoms with van der Waals surface area (Å²) >= 11 is -6.77. The zero-order chi connectivity index (χ0) is 57.8. The monoisotopic (exact) mass is 1170 g/mol. The van der Waals surface area contributed by atoms with Crippen LogP contribution in [0.1, 0.15) is 102 Å². The number of unbranched alkanes of at least 4 members (excludes halogenated alkanes) is 1. The molecular weight excluding hydrogens is 1100 g/mol. The molecule has 3 aromatic rings. The summed E-state index contributed by atoms with van der Waals surface area (Å²) in [6, 6.07) is 17.9. The van der Waals surface area contributed by atoms with Crippen LogP contribution < -0.4 is 46.1 Å². The minimum absolute atomic E-state index is 0.00283. The minimum Gasteiger partial charge on any atom is -0.481 e. The summed E-state index contributed by atoms with van der Waals surface area (Å²) in [4.78, 5) is 100. The Balaban J connectivity index is 1.53. The molecule has 3 unspecified atom stereocenters. The fraction of sp³-hybridized carbons (Fsp3) is 0.469. The van der Waals surface area contributed by atoms with E-state index in [4.69, 9.17) is 33.0 Å². The van der Waals surface area contributed by atoms with Crippen molar-refractivity contribution >= 4 is 98.1 Å². The largest absolute Gasteiger partial charge is 0.481 e. The van der Waals surface area contributed by atoms with Gasteiger partial charge in [-0.25, -0.2) is 12.6 Å². The molecule has 0 heterocycles. The molecule has 0 saturated carbocycles. The highest BCUT2D eigenvalue weighted by Crippen LogP contribution is 2.15. The second kappa shape index (κ2) is 37.9. The van der Waals surface area contributed by atoms with E-state index in [9.17, 15) is 51.0 Å². The lowest BCUT2D eigenvalue weighted by Crippen LogP contribution is -2.58. The Labute approximate surface area is 464 Å². The first kappa shape index (κ1) is 66.5. The molecule has 0 aliphatic heterocycles. The number of carbonyl (C=O) groups excluding carboxylic acids is 7. The Morgan fingerprint density at radius 2 is 0.759 bits per heavy atom. The lowest BCUT2D eigenvalue weighted by molar-refractivity contribution is -0.137. The average molecular weight is 1170 g/mol. The van der Waals surface area contributed by atoms with E-state index in [2.05, 4.69) is 46.1 Å². The Morgan fingerprint density at radius 1 is 0.405 bits per heavy atom. The maximum atomic E-state index is 13.3. The summed E-state index contributed by atoms with van der Waals surface area (Å²) in [7, 11) is 0. The zero-order valence-electron chi connectivity index (χ0n) is 43.2. The molecule has 79 heavy (non-hydrogen) atoms. The van der Waals surface area contributed by atoms with Crippen LogP contribution >= 0.6 is 0 Å². The summed E-state index contributed by atoms with van der Waals surface area (Å²) in [5.74, 6) is -3.72. The van der Waals surface area contributed by atoms with Gasteiger partial charge in [0.15, 0.2) is 5.78 Å². The van der Waals surface area contributed by atoms with Gasteiger partial charge in [0.1, 0.15) is 5.54 Å². The van der Waals surface area contributed by atoms with Crippen LogP contribution in [-0.4, -0.2) is 156 Å². The van der Waals surface area contributed by atoms with Crippen molar-refractivity contribution in [1.82, 2.24) is 31.9 Å². The van der Waals surface area contributed by atoms with Gasteiger partial charge in [0.25, 0.3) is 45.6 Å². The molecule has 0 radical (unpaired) electrons. The molecule has 0 aliphatic rings. The number of Topliss-reactive ketones (excluding diaryl/α,β-unsaturated/α-hetero) is 1. The van der Waals surface area contributed by atoms with E-state index in [0.717, 1.165) is 0 Å². The number of hydrogen-bond acceptors (Lipinski definition) is 14. The van der Waals surface area contributed by atoms with Crippen molar-refractivity contribution in [2.75, 3.05) is 86.5 Å². The third kappa shape index (κ3) is 30.3. The summed E-state index contributed by atoms with van der Waals surface area (Å²) in [5.41, 5.74) is 0.666. The minimum atomic E-state index is -2.26. The van der Waals surface area contributed by atoms with Gasteiger partial charge in [-0.3, -0.25) is 66.2 Å². The van der Waals surface area contributed by atoms with Crippen molar-refractivity contribution in [2.45, 2.75) is 76.2 Å². The highest BCUT2D eigenvalue weighted by atomic mass is 32.2.